The van der Waals surface area contributed by atoms with Gasteiger partial charge in [-0.3, -0.25) is 0 Å². The molecule has 1 aromatic heterocycles. The summed E-state index contributed by atoms with van der Waals surface area (Å²) in [6.07, 6.45) is 6.82. The van der Waals surface area contributed by atoms with Crippen LogP contribution in [0.4, 0.5) is 5.95 Å². The minimum atomic E-state index is -0.0424. The molecule has 6 heteroatoms. The lowest BCUT2D eigenvalue weighted by Crippen LogP contribution is -2.37. The summed E-state index contributed by atoms with van der Waals surface area (Å²) < 4.78 is 18.1. The van der Waals surface area contributed by atoms with Gasteiger partial charge in [-0.05, 0) is 24.5 Å². The number of fused-ring (bicyclic) bond motifs is 1. The number of ether oxygens (including phenoxy) is 3. The molecule has 3 fully saturated rings. The molecule has 5 rings (SSSR count). The van der Waals surface area contributed by atoms with Gasteiger partial charge in [0.15, 0.2) is 0 Å². The van der Waals surface area contributed by atoms with Gasteiger partial charge in [0, 0.05) is 17.8 Å². The highest BCUT2D eigenvalue weighted by Crippen LogP contribution is 2.34. The van der Waals surface area contributed by atoms with Gasteiger partial charge >= 0.3 is 0 Å². The van der Waals surface area contributed by atoms with Gasteiger partial charge in [0.2, 0.25) is 5.95 Å². The second-order valence-electron chi connectivity index (χ2n) is 7.97. The summed E-state index contributed by atoms with van der Waals surface area (Å²) in [4.78, 5) is 9.18. The maximum Gasteiger partial charge on any atom is 0.223 e. The van der Waals surface area contributed by atoms with Crippen molar-refractivity contribution in [3.05, 3.63) is 53.9 Å². The Morgan fingerprint density at radius 3 is 2.68 bits per heavy atom. The van der Waals surface area contributed by atoms with Gasteiger partial charge < -0.3 is 19.5 Å². The van der Waals surface area contributed by atoms with E-state index in [0.29, 0.717) is 31.7 Å². The monoisotopic (exact) mass is 381 g/mol. The molecule has 1 aliphatic carbocycles. The van der Waals surface area contributed by atoms with E-state index in [9.17, 15) is 0 Å². The average molecular weight is 381 g/mol. The smallest absolute Gasteiger partial charge is 0.223 e. The van der Waals surface area contributed by atoms with Crippen molar-refractivity contribution in [3.63, 3.8) is 0 Å². The largest absolute Gasteiger partial charge is 0.370 e. The van der Waals surface area contributed by atoms with Crippen molar-refractivity contribution in [2.45, 2.75) is 62.6 Å². The van der Waals surface area contributed by atoms with Crippen molar-refractivity contribution >= 4 is 5.95 Å². The number of nitrogens with one attached hydrogen (secondary N) is 1. The summed E-state index contributed by atoms with van der Waals surface area (Å²) in [6, 6.07) is 12.3. The molecule has 4 atom stereocenters. The molecule has 1 saturated carbocycles. The zero-order chi connectivity index (χ0) is 18.8. The van der Waals surface area contributed by atoms with Crippen LogP contribution in [0, 0.1) is 0 Å². The van der Waals surface area contributed by atoms with Gasteiger partial charge in [0.25, 0.3) is 0 Å². The van der Waals surface area contributed by atoms with Crippen LogP contribution in [0.15, 0.2) is 42.6 Å². The molecule has 2 saturated heterocycles. The molecule has 148 valence electrons. The Hall–Kier alpha value is -2.02. The van der Waals surface area contributed by atoms with Crippen LogP contribution in [0.25, 0.3) is 0 Å². The highest BCUT2D eigenvalue weighted by atomic mass is 16.6. The van der Waals surface area contributed by atoms with E-state index in [1.165, 1.54) is 25.7 Å². The maximum absolute atomic E-state index is 6.08. The molecule has 6 nitrogen and oxygen atoms in total. The molecule has 0 bridgehead atoms. The van der Waals surface area contributed by atoms with Crippen molar-refractivity contribution in [2.24, 2.45) is 0 Å². The summed E-state index contributed by atoms with van der Waals surface area (Å²) >= 11 is 0. The molecule has 0 unspecified atom stereocenters. The van der Waals surface area contributed by atoms with Crippen LogP contribution in [0.1, 0.15) is 42.9 Å². The molecule has 28 heavy (non-hydrogen) atoms. The predicted octanol–water partition coefficient (Wildman–Crippen LogP) is 3.30. The van der Waals surface area contributed by atoms with Crippen LogP contribution >= 0.6 is 0 Å². The molecule has 3 heterocycles. The second-order valence-corrected chi connectivity index (χ2v) is 7.97. The first kappa shape index (κ1) is 18.0. The fourth-order valence-electron chi connectivity index (χ4n) is 4.57. The maximum atomic E-state index is 6.08. The molecule has 1 N–H and O–H groups in total. The van der Waals surface area contributed by atoms with Gasteiger partial charge in [0.05, 0.1) is 25.9 Å². The van der Waals surface area contributed by atoms with Gasteiger partial charge in [0.1, 0.15) is 18.3 Å². The number of benzene rings is 1. The number of hydrogen-bond donors (Lipinski definition) is 1. The van der Waals surface area contributed by atoms with E-state index in [2.05, 4.69) is 28.5 Å². The highest BCUT2D eigenvalue weighted by Gasteiger charge is 2.48. The molecule has 0 spiro atoms. The zero-order valence-corrected chi connectivity index (χ0v) is 16.0. The molecule has 2 aliphatic heterocycles. The van der Waals surface area contributed by atoms with Crippen molar-refractivity contribution in [1.29, 1.82) is 0 Å². The van der Waals surface area contributed by atoms with Crippen molar-refractivity contribution < 1.29 is 14.2 Å². The van der Waals surface area contributed by atoms with Crippen LogP contribution in [-0.4, -0.2) is 47.5 Å². The number of aromatic nitrogens is 2. The number of rotatable bonds is 6. The van der Waals surface area contributed by atoms with E-state index in [0.717, 1.165) is 11.3 Å². The molecular weight excluding hydrogens is 354 g/mol. The summed E-state index contributed by atoms with van der Waals surface area (Å²) in [5, 5.41) is 3.44. The molecule has 3 aliphatic rings. The lowest BCUT2D eigenvalue weighted by atomic mass is 10.0. The zero-order valence-electron chi connectivity index (χ0n) is 16.0. The predicted molar refractivity (Wildman–Crippen MR) is 105 cm³/mol. The minimum absolute atomic E-state index is 0.0282. The van der Waals surface area contributed by atoms with Gasteiger partial charge in [-0.2, -0.15) is 0 Å². The standard InChI is InChI=1S/C22H27N3O3/c1-2-6-15(7-3-1)12-26-19-14-28-20-18(13-27-21(19)20)25-22-23-11-10-17(24-22)16-8-4-5-9-16/h1-3,6-7,10-11,16,18-21H,4-5,8-9,12-14H2,(H,23,24,25)/t18-,19+,20+,21+/m0/s1. The Labute approximate surface area is 165 Å². The van der Waals surface area contributed by atoms with Crippen molar-refractivity contribution in [1.82, 2.24) is 9.97 Å². The SMILES string of the molecule is c1ccc(CO[C@@H]2CO[C@H]3[C@@H]2OC[C@@H]3Nc2nccc(C3CCCC3)n2)cc1. The third-order valence-corrected chi connectivity index (χ3v) is 6.08. The summed E-state index contributed by atoms with van der Waals surface area (Å²) in [5.41, 5.74) is 2.32. The van der Waals surface area contributed by atoms with E-state index in [1.807, 2.05) is 24.4 Å². The fraction of sp³-hybridized carbons (Fsp3) is 0.545. The molecule has 0 radical (unpaired) electrons. The summed E-state index contributed by atoms with van der Waals surface area (Å²) in [7, 11) is 0. The van der Waals surface area contributed by atoms with E-state index < -0.39 is 0 Å². The van der Waals surface area contributed by atoms with Crippen LogP contribution < -0.4 is 5.32 Å². The highest BCUT2D eigenvalue weighted by molar-refractivity contribution is 5.30. The Kier molecular flexibility index (Phi) is 5.25. The third-order valence-electron chi connectivity index (χ3n) is 6.08. The van der Waals surface area contributed by atoms with Crippen LogP contribution in [-0.2, 0) is 20.8 Å². The first-order valence-electron chi connectivity index (χ1n) is 10.3. The van der Waals surface area contributed by atoms with Gasteiger partial charge in [-0.25, -0.2) is 9.97 Å². The fourth-order valence-corrected chi connectivity index (χ4v) is 4.57. The molecular formula is C22H27N3O3. The van der Waals surface area contributed by atoms with E-state index in [1.54, 1.807) is 0 Å². The Balaban J connectivity index is 1.19. The Morgan fingerprint density at radius 2 is 1.82 bits per heavy atom. The van der Waals surface area contributed by atoms with E-state index in [4.69, 9.17) is 19.2 Å². The lowest BCUT2D eigenvalue weighted by molar-refractivity contribution is -0.0388. The van der Waals surface area contributed by atoms with Crippen LogP contribution in [0.2, 0.25) is 0 Å². The molecule has 2 aromatic rings. The van der Waals surface area contributed by atoms with Crippen LogP contribution in [0.3, 0.4) is 0 Å². The van der Waals surface area contributed by atoms with E-state index in [-0.39, 0.29) is 24.4 Å². The van der Waals surface area contributed by atoms with Crippen molar-refractivity contribution in [3.8, 4) is 0 Å². The Bertz CT molecular complexity index is 782. The molecule has 1 aromatic carbocycles. The quantitative estimate of drug-likeness (QED) is 0.828. The summed E-state index contributed by atoms with van der Waals surface area (Å²) in [6.45, 7) is 1.72. The van der Waals surface area contributed by atoms with Gasteiger partial charge in [-0.1, -0.05) is 43.2 Å². The first-order chi connectivity index (χ1) is 13.9. The lowest BCUT2D eigenvalue weighted by Gasteiger charge is -2.18. The van der Waals surface area contributed by atoms with Crippen LogP contribution in [0.5, 0.6) is 0 Å². The van der Waals surface area contributed by atoms with E-state index >= 15 is 0 Å². The second kappa shape index (κ2) is 8.15. The number of anilines is 1. The average Bonchev–Trinajstić information content (AvgIpc) is 3.47. The number of hydrogen-bond acceptors (Lipinski definition) is 6. The normalized spacial score (nSPS) is 29.9. The first-order valence-corrected chi connectivity index (χ1v) is 10.3. The number of nitrogens with zero attached hydrogens (tertiary/aromatic N) is 2. The Morgan fingerprint density at radius 1 is 1.00 bits per heavy atom. The third kappa shape index (κ3) is 3.77. The van der Waals surface area contributed by atoms with Crippen molar-refractivity contribution in [2.75, 3.05) is 18.5 Å². The molecule has 0 amide bonds. The summed E-state index contributed by atoms with van der Waals surface area (Å²) in [5.74, 6) is 1.26. The topological polar surface area (TPSA) is 65.5 Å². The minimum Gasteiger partial charge on any atom is -0.370 e. The van der Waals surface area contributed by atoms with Gasteiger partial charge in [-0.15, -0.1) is 0 Å².